The van der Waals surface area contributed by atoms with Crippen molar-refractivity contribution in [2.45, 2.75) is 95.1 Å². The van der Waals surface area contributed by atoms with Crippen molar-refractivity contribution in [3.05, 3.63) is 0 Å². The van der Waals surface area contributed by atoms with Crippen LogP contribution in [-0.2, 0) is 4.79 Å². The Morgan fingerprint density at radius 2 is 2.10 bits per heavy atom. The monoisotopic (exact) mass is 410 g/mol. The van der Waals surface area contributed by atoms with Crippen LogP contribution in [0.4, 0.5) is 4.39 Å². The fourth-order valence-corrected chi connectivity index (χ4v) is 5.55. The third-order valence-electron chi connectivity index (χ3n) is 7.37. The Labute approximate surface area is 171 Å². The fourth-order valence-electron chi connectivity index (χ4n) is 5.55. The Morgan fingerprint density at radius 1 is 1.28 bits per heavy atom. The van der Waals surface area contributed by atoms with Gasteiger partial charge in [0.1, 0.15) is 18.4 Å². The number of alkyl halides is 1. The number of rotatable bonds is 5. The first kappa shape index (κ1) is 21.0. The van der Waals surface area contributed by atoms with Crippen molar-refractivity contribution in [2.24, 2.45) is 22.7 Å². The smallest absolute Gasteiger partial charge is 0.239 e. The average Bonchev–Trinajstić information content (AvgIpc) is 3.30. The number of aliphatic imine (C=N–C) groups is 1. The number of halogens is 1. The summed E-state index contributed by atoms with van der Waals surface area (Å²) < 4.78 is 13.9. The van der Waals surface area contributed by atoms with Gasteiger partial charge in [-0.2, -0.15) is 0 Å². The largest absolute Gasteiger partial charge is 0.392 e. The van der Waals surface area contributed by atoms with Gasteiger partial charge in [0.25, 0.3) is 0 Å². The highest BCUT2D eigenvalue weighted by Gasteiger charge is 2.47. The lowest BCUT2D eigenvalue weighted by atomic mass is 9.76. The van der Waals surface area contributed by atoms with Crippen LogP contribution in [0, 0.1) is 17.8 Å². The summed E-state index contributed by atoms with van der Waals surface area (Å²) in [4.78, 5) is 17.7. The van der Waals surface area contributed by atoms with Crippen LogP contribution >= 0.6 is 0 Å². The molecule has 0 bridgehead atoms. The van der Waals surface area contributed by atoms with Gasteiger partial charge in [-0.3, -0.25) is 15.1 Å². The number of aliphatic hydroxyl groups is 1. The van der Waals surface area contributed by atoms with Crippen LogP contribution in [-0.4, -0.2) is 60.1 Å². The first-order valence-corrected chi connectivity index (χ1v) is 11.1. The number of nitrogens with zero attached hydrogens (tertiary/aromatic N) is 1. The van der Waals surface area contributed by atoms with Gasteiger partial charge in [-0.1, -0.05) is 6.92 Å². The molecule has 6 N–H and O–H groups in total. The number of nitrogens with one attached hydrogen (secondary N) is 5. The van der Waals surface area contributed by atoms with E-state index in [2.05, 4.69) is 38.7 Å². The molecule has 1 saturated heterocycles. The number of hydrazine groups is 1. The van der Waals surface area contributed by atoms with Gasteiger partial charge in [-0.15, -0.1) is 0 Å². The molecule has 0 spiro atoms. The molecule has 29 heavy (non-hydrogen) atoms. The molecule has 4 aliphatic rings. The minimum atomic E-state index is -0.769. The summed E-state index contributed by atoms with van der Waals surface area (Å²) in [6, 6.07) is -0.549. The first-order chi connectivity index (χ1) is 13.9. The van der Waals surface area contributed by atoms with Crippen LogP contribution in [0.3, 0.4) is 0 Å². The van der Waals surface area contributed by atoms with Crippen LogP contribution in [0.1, 0.15) is 52.4 Å². The molecule has 2 heterocycles. The maximum absolute atomic E-state index is 13.9. The second kappa shape index (κ2) is 8.83. The Bertz CT molecular complexity index is 622. The predicted molar refractivity (Wildman–Crippen MR) is 109 cm³/mol. The zero-order valence-electron chi connectivity index (χ0n) is 17.3. The van der Waals surface area contributed by atoms with E-state index >= 15 is 0 Å². The van der Waals surface area contributed by atoms with Crippen molar-refractivity contribution in [1.29, 1.82) is 0 Å². The fraction of sp³-hybridized carbons (Fsp3) is 0.900. The lowest BCUT2D eigenvalue weighted by Gasteiger charge is -2.37. The molecule has 2 aliphatic carbocycles. The van der Waals surface area contributed by atoms with E-state index < -0.39 is 12.2 Å². The molecule has 4 rings (SSSR count). The molecular weight excluding hydrogens is 375 g/mol. The Hall–Kier alpha value is -1.29. The van der Waals surface area contributed by atoms with Crippen molar-refractivity contribution in [2.75, 3.05) is 0 Å². The summed E-state index contributed by atoms with van der Waals surface area (Å²) in [7, 11) is 0. The van der Waals surface area contributed by atoms with Crippen LogP contribution in [0.25, 0.3) is 0 Å². The third kappa shape index (κ3) is 4.42. The quantitative estimate of drug-likeness (QED) is 0.385. The summed E-state index contributed by atoms with van der Waals surface area (Å²) in [5.74, 6) is 0.318. The zero-order chi connectivity index (χ0) is 20.5. The van der Waals surface area contributed by atoms with Gasteiger partial charge in [-0.05, 0) is 57.3 Å². The van der Waals surface area contributed by atoms with E-state index in [-0.39, 0.29) is 48.3 Å². The molecule has 0 aromatic heterocycles. The van der Waals surface area contributed by atoms with Crippen LogP contribution in [0.5, 0.6) is 0 Å². The SMILES string of the molecule is CC1CCC(F)CC1[C@@H](C)NC(=O)C1NNC2NC=NC(N[C@@H]3CCC[C@H]3O)C21. The molecule has 0 aromatic rings. The second-order valence-corrected chi connectivity index (χ2v) is 9.33. The molecule has 0 aromatic carbocycles. The van der Waals surface area contributed by atoms with E-state index in [1.807, 2.05) is 6.92 Å². The summed E-state index contributed by atoms with van der Waals surface area (Å²) in [6.07, 6.45) is 4.84. The Balaban J connectivity index is 1.40. The van der Waals surface area contributed by atoms with Crippen molar-refractivity contribution in [1.82, 2.24) is 26.8 Å². The molecule has 3 fully saturated rings. The normalized spacial score (nSPS) is 45.4. The topological polar surface area (TPSA) is 110 Å². The van der Waals surface area contributed by atoms with E-state index in [0.29, 0.717) is 18.8 Å². The van der Waals surface area contributed by atoms with Gasteiger partial charge in [0.15, 0.2) is 0 Å². The average molecular weight is 411 g/mol. The maximum atomic E-state index is 13.9. The van der Waals surface area contributed by atoms with Crippen molar-refractivity contribution >= 4 is 12.2 Å². The number of hydrogen-bond acceptors (Lipinski definition) is 7. The van der Waals surface area contributed by atoms with Gasteiger partial charge in [0, 0.05) is 12.1 Å². The summed E-state index contributed by atoms with van der Waals surface area (Å²) in [6.45, 7) is 4.14. The Morgan fingerprint density at radius 3 is 2.86 bits per heavy atom. The van der Waals surface area contributed by atoms with Gasteiger partial charge >= 0.3 is 0 Å². The second-order valence-electron chi connectivity index (χ2n) is 9.33. The molecular formula is C20H35FN6O2. The molecule has 164 valence electrons. The van der Waals surface area contributed by atoms with E-state index in [1.54, 1.807) is 6.34 Å². The van der Waals surface area contributed by atoms with Crippen molar-refractivity contribution in [3.8, 4) is 0 Å². The van der Waals surface area contributed by atoms with E-state index in [4.69, 9.17) is 0 Å². The zero-order valence-corrected chi connectivity index (χ0v) is 17.3. The summed E-state index contributed by atoms with van der Waals surface area (Å²) in [5.41, 5.74) is 6.26. The van der Waals surface area contributed by atoms with E-state index in [0.717, 1.165) is 25.7 Å². The summed E-state index contributed by atoms with van der Waals surface area (Å²) in [5, 5.41) is 19.9. The lowest BCUT2D eigenvalue weighted by Crippen LogP contribution is -2.59. The van der Waals surface area contributed by atoms with Gasteiger partial charge < -0.3 is 15.7 Å². The van der Waals surface area contributed by atoms with Crippen LogP contribution in [0.15, 0.2) is 4.99 Å². The predicted octanol–water partition coefficient (Wildman–Crippen LogP) is 0.145. The van der Waals surface area contributed by atoms with E-state index in [1.165, 1.54) is 0 Å². The number of hydrogen-bond donors (Lipinski definition) is 6. The van der Waals surface area contributed by atoms with Crippen molar-refractivity contribution < 1.29 is 14.3 Å². The van der Waals surface area contributed by atoms with Crippen LogP contribution < -0.4 is 26.8 Å². The number of carbonyl (C=O) groups is 1. The standard InChI is InChI=1S/C20H35FN6O2/c1-10-6-7-12(21)8-13(10)11(2)24-20(29)17-16-18(22-9-23-19(16)27-26-17)25-14-4-3-5-15(14)28/h9-19,25-28H,3-8H2,1-2H3,(H,22,23)(H,24,29)/t10?,11-,12?,13?,14-,15-,16?,17?,18?,19?/m1/s1. The highest BCUT2D eigenvalue weighted by Crippen LogP contribution is 2.34. The molecule has 2 saturated carbocycles. The number of aliphatic hydroxyl groups excluding tert-OH is 1. The van der Waals surface area contributed by atoms with Gasteiger partial charge in [0.05, 0.1) is 24.5 Å². The molecule has 0 radical (unpaired) electrons. The number of amides is 1. The Kier molecular flexibility index (Phi) is 6.38. The number of carbonyl (C=O) groups excluding carboxylic acids is 1. The van der Waals surface area contributed by atoms with Gasteiger partial charge in [0.2, 0.25) is 5.91 Å². The maximum Gasteiger partial charge on any atom is 0.239 e. The van der Waals surface area contributed by atoms with Gasteiger partial charge in [-0.25, -0.2) is 15.2 Å². The molecule has 8 nitrogen and oxygen atoms in total. The third-order valence-corrected chi connectivity index (χ3v) is 7.37. The van der Waals surface area contributed by atoms with Crippen LogP contribution in [0.2, 0.25) is 0 Å². The molecule has 1 amide bonds. The highest BCUT2D eigenvalue weighted by molar-refractivity contribution is 5.83. The molecule has 9 heteroatoms. The molecule has 2 aliphatic heterocycles. The van der Waals surface area contributed by atoms with E-state index in [9.17, 15) is 14.3 Å². The first-order valence-electron chi connectivity index (χ1n) is 11.1. The molecule has 7 unspecified atom stereocenters. The molecule has 10 atom stereocenters. The van der Waals surface area contributed by atoms with Crippen molar-refractivity contribution in [3.63, 3.8) is 0 Å². The number of fused-ring (bicyclic) bond motifs is 1. The highest BCUT2D eigenvalue weighted by atomic mass is 19.1. The minimum absolute atomic E-state index is 0.00344. The lowest BCUT2D eigenvalue weighted by molar-refractivity contribution is -0.125. The minimum Gasteiger partial charge on any atom is -0.392 e. The summed E-state index contributed by atoms with van der Waals surface area (Å²) >= 11 is 0.